The maximum absolute atomic E-state index is 12.8. The molecule has 2 aromatic heterocycles. The number of piperidine rings is 1. The van der Waals surface area contributed by atoms with Gasteiger partial charge in [0.15, 0.2) is 0 Å². The molecule has 2 aromatic rings. The van der Waals surface area contributed by atoms with Gasteiger partial charge in [-0.3, -0.25) is 0 Å². The number of fused-ring (bicyclic) bond motifs is 1. The van der Waals surface area contributed by atoms with E-state index in [9.17, 15) is 21.6 Å². The second kappa shape index (κ2) is 6.65. The van der Waals surface area contributed by atoms with Crippen molar-refractivity contribution in [2.75, 3.05) is 30.8 Å². The van der Waals surface area contributed by atoms with Gasteiger partial charge in [-0.05, 0) is 19.8 Å². The average Bonchev–Trinajstić information content (AvgIpc) is 2.93. The van der Waals surface area contributed by atoms with E-state index in [0.717, 1.165) is 6.26 Å². The predicted molar refractivity (Wildman–Crippen MR) is 87.2 cm³/mol. The zero-order chi connectivity index (χ0) is 19.1. The smallest absolute Gasteiger partial charge is 0.356 e. The predicted octanol–water partition coefficient (Wildman–Crippen LogP) is 1.72. The fourth-order valence-corrected chi connectivity index (χ4v) is 4.34. The summed E-state index contributed by atoms with van der Waals surface area (Å²) >= 11 is 0. The lowest BCUT2D eigenvalue weighted by atomic mass is 10.0. The molecular formula is C14H18F3N5O3S. The van der Waals surface area contributed by atoms with Crippen LogP contribution in [0, 0.1) is 6.92 Å². The number of sulfonamides is 1. The molecule has 0 aliphatic carbocycles. The Hall–Kier alpha value is -1.95. The third kappa shape index (κ3) is 3.90. The van der Waals surface area contributed by atoms with Crippen LogP contribution < -0.4 is 4.90 Å². The number of rotatable bonds is 4. The van der Waals surface area contributed by atoms with Gasteiger partial charge in [-0.1, -0.05) is 5.16 Å². The molecule has 8 nitrogen and oxygen atoms in total. The Balaban J connectivity index is 1.78. The molecule has 0 aromatic carbocycles. The molecule has 0 saturated carbocycles. The van der Waals surface area contributed by atoms with Crippen LogP contribution in [0.3, 0.4) is 0 Å². The van der Waals surface area contributed by atoms with E-state index in [0.29, 0.717) is 40.0 Å². The summed E-state index contributed by atoms with van der Waals surface area (Å²) < 4.78 is 67.6. The second-order valence-electron chi connectivity index (χ2n) is 6.29. The quantitative estimate of drug-likeness (QED) is 0.781. The summed E-state index contributed by atoms with van der Waals surface area (Å²) in [6, 6.07) is -0.705. The van der Waals surface area contributed by atoms with Crippen molar-refractivity contribution in [3.63, 3.8) is 0 Å². The van der Waals surface area contributed by atoms with E-state index in [1.807, 2.05) is 4.90 Å². The van der Waals surface area contributed by atoms with Crippen molar-refractivity contribution in [2.24, 2.45) is 0 Å². The summed E-state index contributed by atoms with van der Waals surface area (Å²) in [5.74, 6) is 0.592. The Labute approximate surface area is 148 Å². The molecule has 3 heterocycles. The van der Waals surface area contributed by atoms with Crippen LogP contribution in [-0.2, 0) is 10.0 Å². The Morgan fingerprint density at radius 2 is 1.96 bits per heavy atom. The molecule has 0 radical (unpaired) electrons. The summed E-state index contributed by atoms with van der Waals surface area (Å²) in [5.41, 5.74) is 0.956. The first-order chi connectivity index (χ1) is 12.1. The summed E-state index contributed by atoms with van der Waals surface area (Å²) in [6.45, 7) is 1.01. The van der Waals surface area contributed by atoms with E-state index in [1.165, 1.54) is 6.33 Å². The maximum atomic E-state index is 12.8. The number of alkyl halides is 3. The molecule has 0 amide bonds. The number of aryl methyl sites for hydroxylation is 1. The topological polar surface area (TPSA) is 92.4 Å². The molecule has 0 atom stereocenters. The highest BCUT2D eigenvalue weighted by Gasteiger charge is 2.39. The minimum atomic E-state index is -4.58. The molecule has 1 aliphatic heterocycles. The van der Waals surface area contributed by atoms with E-state index in [1.54, 1.807) is 6.92 Å². The number of halogens is 3. The van der Waals surface area contributed by atoms with Gasteiger partial charge in [-0.15, -0.1) is 0 Å². The van der Waals surface area contributed by atoms with E-state index in [-0.39, 0.29) is 12.8 Å². The van der Waals surface area contributed by atoms with Crippen LogP contribution in [0.5, 0.6) is 0 Å². The molecule has 144 valence electrons. The lowest BCUT2D eigenvalue weighted by Crippen LogP contribution is -2.50. The number of anilines is 1. The molecule has 26 heavy (non-hydrogen) atoms. The number of hydrogen-bond acceptors (Lipinski definition) is 7. The Bertz CT molecular complexity index is 891. The first-order valence-corrected chi connectivity index (χ1v) is 9.76. The van der Waals surface area contributed by atoms with Gasteiger partial charge in [0.25, 0.3) is 5.71 Å². The van der Waals surface area contributed by atoms with Crippen molar-refractivity contribution in [2.45, 2.75) is 32.0 Å². The van der Waals surface area contributed by atoms with E-state index < -0.39 is 28.8 Å². The summed E-state index contributed by atoms with van der Waals surface area (Å²) in [5, 5.41) is 4.50. The normalized spacial score (nSPS) is 17.4. The zero-order valence-electron chi connectivity index (χ0n) is 14.2. The van der Waals surface area contributed by atoms with Crippen LogP contribution in [-0.4, -0.2) is 66.0 Å². The summed E-state index contributed by atoms with van der Waals surface area (Å²) in [7, 11) is -3.97. The van der Waals surface area contributed by atoms with Crippen molar-refractivity contribution in [3.05, 3.63) is 12.0 Å². The highest BCUT2D eigenvalue weighted by molar-refractivity contribution is 7.88. The molecule has 12 heteroatoms. The van der Waals surface area contributed by atoms with Gasteiger partial charge < -0.3 is 9.42 Å². The Morgan fingerprint density at radius 3 is 2.54 bits per heavy atom. The van der Waals surface area contributed by atoms with Gasteiger partial charge >= 0.3 is 6.18 Å². The highest BCUT2D eigenvalue weighted by Crippen LogP contribution is 2.30. The standard InChI is InChI=1S/C14H18F3N5O3S/c1-9-11-12(18-8-19-13(11)25-20-9)21-5-3-10(4-6-21)22(26(2,23)24)7-14(15,16)17/h8,10H,3-7H2,1-2H3. The van der Waals surface area contributed by atoms with Crippen molar-refractivity contribution in [3.8, 4) is 0 Å². The lowest BCUT2D eigenvalue weighted by Gasteiger charge is -2.38. The molecule has 1 fully saturated rings. The Morgan fingerprint density at radius 1 is 1.31 bits per heavy atom. The van der Waals surface area contributed by atoms with Crippen molar-refractivity contribution in [1.29, 1.82) is 0 Å². The van der Waals surface area contributed by atoms with Crippen LogP contribution in [0.1, 0.15) is 18.5 Å². The summed E-state index contributed by atoms with van der Waals surface area (Å²) in [6.07, 6.45) is -1.92. The largest absolute Gasteiger partial charge is 0.402 e. The zero-order valence-corrected chi connectivity index (χ0v) is 15.0. The first kappa shape index (κ1) is 18.8. The molecule has 0 spiro atoms. The van der Waals surface area contributed by atoms with Crippen LogP contribution in [0.4, 0.5) is 19.0 Å². The van der Waals surface area contributed by atoms with Crippen LogP contribution in [0.2, 0.25) is 0 Å². The van der Waals surface area contributed by atoms with Crippen LogP contribution >= 0.6 is 0 Å². The minimum absolute atomic E-state index is 0.263. The van der Waals surface area contributed by atoms with Crippen LogP contribution in [0.15, 0.2) is 10.9 Å². The first-order valence-electron chi connectivity index (χ1n) is 7.92. The van der Waals surface area contributed by atoms with Crippen molar-refractivity contribution < 1.29 is 26.1 Å². The molecule has 3 rings (SSSR count). The van der Waals surface area contributed by atoms with Crippen LogP contribution in [0.25, 0.3) is 11.1 Å². The fourth-order valence-electron chi connectivity index (χ4n) is 3.20. The molecule has 1 aliphatic rings. The maximum Gasteiger partial charge on any atom is 0.402 e. The highest BCUT2D eigenvalue weighted by atomic mass is 32.2. The monoisotopic (exact) mass is 393 g/mol. The van der Waals surface area contributed by atoms with Crippen molar-refractivity contribution in [1.82, 2.24) is 19.4 Å². The third-order valence-electron chi connectivity index (χ3n) is 4.36. The molecule has 1 saturated heterocycles. The molecule has 0 N–H and O–H groups in total. The number of hydrogen-bond donors (Lipinski definition) is 0. The van der Waals surface area contributed by atoms with Crippen molar-refractivity contribution >= 4 is 26.9 Å². The molecule has 0 unspecified atom stereocenters. The van der Waals surface area contributed by atoms with Gasteiger partial charge in [0.2, 0.25) is 10.0 Å². The third-order valence-corrected chi connectivity index (χ3v) is 5.63. The van der Waals surface area contributed by atoms with E-state index in [2.05, 4.69) is 15.1 Å². The fraction of sp³-hybridized carbons (Fsp3) is 0.643. The van der Waals surface area contributed by atoms with Gasteiger partial charge in [-0.25, -0.2) is 13.4 Å². The summed E-state index contributed by atoms with van der Waals surface area (Å²) in [4.78, 5) is 10.1. The molecule has 0 bridgehead atoms. The lowest BCUT2D eigenvalue weighted by molar-refractivity contribution is -0.139. The molecular weight excluding hydrogens is 375 g/mol. The van der Waals surface area contributed by atoms with Gasteiger partial charge in [0, 0.05) is 19.1 Å². The SMILES string of the molecule is Cc1noc2ncnc(N3CCC(N(CC(F)(F)F)S(C)(=O)=O)CC3)c12. The van der Waals surface area contributed by atoms with E-state index >= 15 is 0 Å². The average molecular weight is 393 g/mol. The van der Waals surface area contributed by atoms with Gasteiger partial charge in [0.1, 0.15) is 24.1 Å². The van der Waals surface area contributed by atoms with E-state index in [4.69, 9.17) is 4.52 Å². The second-order valence-corrected chi connectivity index (χ2v) is 8.22. The number of aromatic nitrogens is 3. The minimum Gasteiger partial charge on any atom is -0.356 e. The van der Waals surface area contributed by atoms with Gasteiger partial charge in [-0.2, -0.15) is 22.5 Å². The van der Waals surface area contributed by atoms with Gasteiger partial charge in [0.05, 0.1) is 11.9 Å². The number of nitrogens with zero attached hydrogens (tertiary/aromatic N) is 5. The Kier molecular flexibility index (Phi) is 4.82.